The first-order valence-corrected chi connectivity index (χ1v) is 56.5. The van der Waals surface area contributed by atoms with Gasteiger partial charge in [0.25, 0.3) is 0 Å². The third-order valence-corrected chi connectivity index (χ3v) is 24.0. The Hall–Kier alpha value is -5.02. The number of carbonyl (C=O) groups is 9. The van der Waals surface area contributed by atoms with Gasteiger partial charge in [-0.15, -0.1) is 0 Å². The summed E-state index contributed by atoms with van der Waals surface area (Å²) < 4.78 is 41.4. The van der Waals surface area contributed by atoms with E-state index in [-0.39, 0.29) is 87.8 Å². The van der Waals surface area contributed by atoms with Gasteiger partial charge in [-0.25, -0.2) is 8.42 Å². The first kappa shape index (κ1) is 161. The number of nitrogens with zero attached hydrogens (tertiary/aromatic N) is 2. The number of esters is 1. The Morgan fingerprint density at radius 2 is 0.774 bits per heavy atom. The predicted octanol–water partition coefficient (Wildman–Crippen LogP) is 23.6. The molecule has 2 unspecified atom stereocenters. The molecule has 16 N–H and O–H groups in total. The lowest BCUT2D eigenvalue weighted by Gasteiger charge is -2.35. The van der Waals surface area contributed by atoms with Crippen LogP contribution in [-0.4, -0.2) is 243 Å². The van der Waals surface area contributed by atoms with Crippen molar-refractivity contribution in [2.24, 2.45) is 117 Å². The normalized spacial score (nSPS) is 16.3. The number of ketones is 1. The summed E-state index contributed by atoms with van der Waals surface area (Å²) in [5.74, 6) is -1.42. The van der Waals surface area contributed by atoms with Crippen molar-refractivity contribution in [3.8, 4) is 0 Å². The molecule has 146 heavy (non-hydrogen) atoms. The molecule has 878 valence electrons. The summed E-state index contributed by atoms with van der Waals surface area (Å²) in [5.41, 5.74) is 23.5. The number of nitrogens with two attached hydrogens (primary N) is 4. The van der Waals surface area contributed by atoms with Crippen LogP contribution in [0.2, 0.25) is 0 Å². The van der Waals surface area contributed by atoms with Crippen molar-refractivity contribution < 1.29 is 111 Å². The van der Waals surface area contributed by atoms with Crippen LogP contribution in [0.4, 0.5) is 0 Å². The Morgan fingerprint density at radius 3 is 1.08 bits per heavy atom. The minimum absolute atomic E-state index is 0.00593. The van der Waals surface area contributed by atoms with Crippen LogP contribution in [0.3, 0.4) is 0 Å². The molecule has 3 amide bonds. The van der Waals surface area contributed by atoms with E-state index in [0.717, 1.165) is 174 Å². The van der Waals surface area contributed by atoms with Gasteiger partial charge in [0.1, 0.15) is 21.7 Å². The molecule has 30 heteroatoms. The average Bonchev–Trinajstić information content (AvgIpc) is 0.852. The number of hydrogen-bond donors (Lipinski definition) is 12. The van der Waals surface area contributed by atoms with Crippen LogP contribution in [0.1, 0.15) is 469 Å². The number of amides is 3. The number of ether oxygens (including phenoxy) is 4. The summed E-state index contributed by atoms with van der Waals surface area (Å²) >= 11 is 0. The van der Waals surface area contributed by atoms with Gasteiger partial charge in [-0.1, -0.05) is 289 Å². The number of likely N-dealkylation sites (N-methyl/N-ethyl adjacent to an activating group) is 1. The Morgan fingerprint density at radius 1 is 0.384 bits per heavy atom. The SMILES string of the molecule is CC(C)(C)C(CCCCN)C(=O)O.CC(C)(C)C1CCC(C(=O)O)CC1.CC(C)(C)C1CCC(O)CC1.CC(C)(C)CC(=O)CCCOCCO.CC(C)(C)CC(N)=O.CC(C)(C)CCCC(N)=O.CC(C)(C)CCCCC(N)C(=O)O.CC(C)(C)CCCO.CC(C)(C)CCCS(C)(=O)=O.CC(C)(C)CCO.CC(C)(C)CCOCCOCCC(=O)O.CN1CCN(C(=O)CC(C)(C)C)CC1.COC(=O)CC(C)(C)C. The number of hydrogen-bond acceptors (Lipinski definition) is 22. The van der Waals surface area contributed by atoms with Gasteiger partial charge in [-0.3, -0.25) is 43.2 Å². The number of piperazine rings is 1. The van der Waals surface area contributed by atoms with Crippen molar-refractivity contribution in [1.82, 2.24) is 9.80 Å². The van der Waals surface area contributed by atoms with Gasteiger partial charge >= 0.3 is 29.8 Å². The fraction of sp³-hybridized carbons (Fsp3) is 0.922. The number of Topliss-reactive ketones (excluding diaryl/α,β-unsaturated/α-hetero) is 1. The largest absolute Gasteiger partial charge is 0.481 e. The molecule has 0 spiro atoms. The maximum atomic E-state index is 11.8. The maximum Gasteiger partial charge on any atom is 0.320 e. The smallest absolute Gasteiger partial charge is 0.320 e. The third-order valence-electron chi connectivity index (χ3n) is 22.9. The molecule has 0 bridgehead atoms. The van der Waals surface area contributed by atoms with Crippen molar-refractivity contribution in [3.05, 3.63) is 0 Å². The third kappa shape index (κ3) is 141. The minimum Gasteiger partial charge on any atom is -0.481 e. The molecule has 0 aromatic heterocycles. The molecular weight excluding hydrogens is 1880 g/mol. The number of aliphatic hydroxyl groups is 4. The van der Waals surface area contributed by atoms with E-state index >= 15 is 0 Å². The predicted molar refractivity (Wildman–Crippen MR) is 606 cm³/mol. The molecule has 3 aliphatic rings. The van der Waals surface area contributed by atoms with E-state index in [1.54, 1.807) is 0 Å². The fourth-order valence-corrected chi connectivity index (χ4v) is 14.7. The van der Waals surface area contributed by atoms with Gasteiger partial charge in [0.05, 0.1) is 70.9 Å². The zero-order valence-electron chi connectivity index (χ0n) is 102. The van der Waals surface area contributed by atoms with Crippen LogP contribution in [0.15, 0.2) is 0 Å². The highest BCUT2D eigenvalue weighted by Gasteiger charge is 2.34. The number of aliphatic carboxylic acids is 4. The highest BCUT2D eigenvalue weighted by molar-refractivity contribution is 7.90. The molecular formula is C116H240N6O23S. The Kier molecular flexibility index (Phi) is 92.1. The van der Waals surface area contributed by atoms with Gasteiger partial charge in [0.2, 0.25) is 17.7 Å². The van der Waals surface area contributed by atoms with Crippen LogP contribution >= 0.6 is 0 Å². The van der Waals surface area contributed by atoms with E-state index in [1.165, 1.54) is 26.2 Å². The van der Waals surface area contributed by atoms with Crippen LogP contribution in [0.25, 0.3) is 0 Å². The van der Waals surface area contributed by atoms with Gasteiger partial charge in [0.15, 0.2) is 0 Å². The van der Waals surface area contributed by atoms with E-state index < -0.39 is 39.8 Å². The standard InChI is InChI=1S/C11H22N2O.C11H22O4.C11H22O3.C11H20O2.2C10H21NO2.C10H20O.C8H17NO.C8H18O2S.C7H14O2.C7H16O.C6H13NO.C6H14O/c1-11(2,3)9-10(14)13-7-5-12(4)6-8-13;1-11(2,3)5-7-15-9-8-14-6-4-10(12)13;1-11(2,3)9-10(13)5-4-7-14-8-6-12;1-11(2,3)9-6-4-8(5-7-9)10(12)13;1-10(2,3)8(9(12)13)6-4-5-7-11;1-10(2,3)7-5-4-6-8(11)9(12)13;1-10(2,3)8-4-6-9(11)7-5-8;1-8(2,3)6-4-5-7(9)10;1-8(2,3)6-5-7-11(4,9)10;1-7(2,3)5-6(8)9-4;1-7(2,3)5-4-6-8;1-6(2,3)4-5(7)8;1-6(2,3)4-5-7/h5-9H2,1-4H3;4-9H2,1-3H3,(H,12,13);12H,4-9H2,1-3H3;8-9H,4-7H2,1-3H3,(H,12,13);2*8H,4-7,11H2,1-3H3,(H,12,13);8-9,11H,4-7H2,1-3H3;4-6H2,1-3H3,(H2,9,10);5-7H2,1-4H3;5H2,1-4H3;8H,4-6H2,1-3H3;4H2,1-3H3,(H2,7,8);7H,4-5H2,1-3H3. The molecule has 2 aliphatic carbocycles. The van der Waals surface area contributed by atoms with Crippen LogP contribution in [0, 0.1) is 94.1 Å². The number of primary amides is 2. The second-order valence-electron chi connectivity index (χ2n) is 55.3. The number of carboxylic acid groups (broad SMARTS) is 4. The van der Waals surface area contributed by atoms with Gasteiger partial charge in [0, 0.05) is 96.7 Å². The summed E-state index contributed by atoms with van der Waals surface area (Å²) in [6, 6.07) is -0.681. The zero-order chi connectivity index (χ0) is 117. The Bertz CT molecular complexity index is 3370. The Labute approximate surface area is 896 Å². The summed E-state index contributed by atoms with van der Waals surface area (Å²) in [6.07, 6.45) is 27.8. The van der Waals surface area contributed by atoms with Crippen molar-refractivity contribution >= 4 is 63.2 Å². The maximum absolute atomic E-state index is 11.8. The molecule has 3 rings (SSSR count). The van der Waals surface area contributed by atoms with E-state index in [2.05, 4.69) is 224 Å². The van der Waals surface area contributed by atoms with E-state index in [9.17, 15) is 56.7 Å². The van der Waals surface area contributed by atoms with Gasteiger partial charge in [-0.05, 0) is 231 Å². The minimum atomic E-state index is -2.75. The molecule has 0 aromatic rings. The Balaban J connectivity index is -0.000000172. The number of aliphatic hydroxyl groups excluding tert-OH is 4. The monoisotopic (exact) mass is 2120 g/mol. The van der Waals surface area contributed by atoms with Gasteiger partial charge in [-0.2, -0.15) is 0 Å². The second-order valence-corrected chi connectivity index (χ2v) is 57.6. The average molecular weight is 2120 g/mol. The first-order valence-electron chi connectivity index (χ1n) is 54.4. The number of rotatable bonds is 38. The highest BCUT2D eigenvalue weighted by atomic mass is 32.2. The number of sulfone groups is 1. The lowest BCUT2D eigenvalue weighted by Crippen LogP contribution is -2.47. The zero-order valence-corrected chi connectivity index (χ0v) is 103. The number of methoxy groups -OCH3 is 1. The van der Waals surface area contributed by atoms with Crippen molar-refractivity contribution in [3.63, 3.8) is 0 Å². The van der Waals surface area contributed by atoms with Crippen LogP contribution < -0.4 is 22.9 Å². The first-order chi connectivity index (χ1) is 65.5. The molecule has 3 fully saturated rings. The molecule has 1 aliphatic heterocycles. The quantitative estimate of drug-likeness (QED) is 0.0202. The molecule has 1 heterocycles. The molecule has 2 atom stereocenters. The summed E-state index contributed by atoms with van der Waals surface area (Å²) in [6.45, 7) is 90.9. The van der Waals surface area contributed by atoms with Gasteiger partial charge < -0.3 is 92.5 Å². The van der Waals surface area contributed by atoms with Crippen LogP contribution in [0.5, 0.6) is 0 Å². The summed E-state index contributed by atoms with van der Waals surface area (Å²) in [7, 11) is 0.767. The lowest BCUT2D eigenvalue weighted by molar-refractivity contribution is -0.146. The van der Waals surface area contributed by atoms with Crippen molar-refractivity contribution in [2.45, 2.75) is 481 Å². The van der Waals surface area contributed by atoms with Crippen molar-refractivity contribution in [2.75, 3.05) is 118 Å². The topological polar surface area (TPSA) is 497 Å². The fourth-order valence-electron chi connectivity index (χ4n) is 14.0. The second kappa shape index (κ2) is 83.5. The summed E-state index contributed by atoms with van der Waals surface area (Å²) in [5, 5.41) is 69.2. The molecule has 0 aromatic carbocycles. The highest BCUT2D eigenvalue weighted by Crippen LogP contribution is 2.41. The molecule has 29 nitrogen and oxygen atoms in total. The number of carboxylic acids is 4. The van der Waals surface area contributed by atoms with E-state index in [4.69, 9.17) is 72.9 Å². The summed E-state index contributed by atoms with van der Waals surface area (Å²) in [4.78, 5) is 101. The van der Waals surface area contributed by atoms with Crippen molar-refractivity contribution in [1.29, 1.82) is 0 Å². The number of unbranched alkanes of at least 4 members (excludes halogenated alkanes) is 2. The van der Waals surface area contributed by atoms with Crippen LogP contribution in [-0.2, 0) is 71.9 Å². The molecule has 2 saturated carbocycles. The van der Waals surface area contributed by atoms with E-state index in [0.29, 0.717) is 152 Å². The van der Waals surface area contributed by atoms with E-state index in [1.807, 2.05) is 67.2 Å². The lowest BCUT2D eigenvalue weighted by atomic mass is 9.70. The number of carbonyl (C=O) groups excluding carboxylic acids is 5. The molecule has 1 saturated heterocycles. The molecule has 0 radical (unpaired) electrons.